The average molecular weight is 295 g/mol. The van der Waals surface area contributed by atoms with Gasteiger partial charge in [-0.3, -0.25) is 15.1 Å². The van der Waals surface area contributed by atoms with Crippen LogP contribution >= 0.6 is 0 Å². The molecule has 3 rings (SSSR count). The Bertz CT molecular complexity index is 813. The molecule has 0 saturated heterocycles. The van der Waals surface area contributed by atoms with E-state index in [1.165, 1.54) is 24.3 Å². The minimum Gasteiger partial charge on any atom is -0.402 e. The molecule has 0 spiro atoms. The average Bonchev–Trinajstić information content (AvgIpc) is 2.89. The number of non-ortho nitro benzene ring substituents is 1. The van der Waals surface area contributed by atoms with Gasteiger partial charge in [-0.25, -0.2) is 9.79 Å². The van der Waals surface area contributed by atoms with E-state index in [2.05, 4.69) is 9.98 Å². The van der Waals surface area contributed by atoms with Gasteiger partial charge in [0.15, 0.2) is 5.70 Å². The molecule has 2 aromatic rings. The van der Waals surface area contributed by atoms with Gasteiger partial charge in [0.05, 0.1) is 10.6 Å². The number of cyclic esters (lactones) is 1. The first-order valence-electron chi connectivity index (χ1n) is 6.32. The van der Waals surface area contributed by atoms with Crippen LogP contribution in [0.25, 0.3) is 6.08 Å². The molecule has 0 amide bonds. The van der Waals surface area contributed by atoms with E-state index in [1.54, 1.807) is 30.5 Å². The Morgan fingerprint density at radius 3 is 2.77 bits per heavy atom. The highest BCUT2D eigenvalue weighted by molar-refractivity contribution is 6.12. The third-order valence-electron chi connectivity index (χ3n) is 2.90. The van der Waals surface area contributed by atoms with E-state index in [0.717, 1.165) is 0 Å². The van der Waals surface area contributed by atoms with Crippen molar-refractivity contribution in [2.24, 2.45) is 4.99 Å². The first-order valence-corrected chi connectivity index (χ1v) is 6.32. The molecule has 0 fully saturated rings. The van der Waals surface area contributed by atoms with E-state index in [1.807, 2.05) is 0 Å². The Kier molecular flexibility index (Phi) is 3.45. The number of esters is 1. The van der Waals surface area contributed by atoms with E-state index in [9.17, 15) is 14.9 Å². The summed E-state index contributed by atoms with van der Waals surface area (Å²) >= 11 is 0. The van der Waals surface area contributed by atoms with E-state index < -0.39 is 10.9 Å². The molecule has 0 atom stereocenters. The van der Waals surface area contributed by atoms with Crippen LogP contribution in [0.4, 0.5) is 5.69 Å². The molecule has 22 heavy (non-hydrogen) atoms. The second-order valence-electron chi connectivity index (χ2n) is 4.40. The fourth-order valence-electron chi connectivity index (χ4n) is 1.89. The number of nitro groups is 1. The monoisotopic (exact) mass is 295 g/mol. The van der Waals surface area contributed by atoms with Crippen molar-refractivity contribution in [3.05, 3.63) is 75.7 Å². The van der Waals surface area contributed by atoms with Crippen molar-refractivity contribution in [2.75, 3.05) is 0 Å². The Balaban J connectivity index is 1.95. The molecule has 1 aliphatic heterocycles. The van der Waals surface area contributed by atoms with Crippen molar-refractivity contribution >= 4 is 23.6 Å². The van der Waals surface area contributed by atoms with Gasteiger partial charge in [0.2, 0.25) is 5.90 Å². The van der Waals surface area contributed by atoms with Gasteiger partial charge in [-0.15, -0.1) is 0 Å². The lowest BCUT2D eigenvalue weighted by atomic mass is 10.2. The van der Waals surface area contributed by atoms with Gasteiger partial charge in [0, 0.05) is 23.9 Å². The molecule has 1 aromatic heterocycles. The van der Waals surface area contributed by atoms with Gasteiger partial charge in [-0.2, -0.15) is 0 Å². The normalized spacial score (nSPS) is 15.5. The summed E-state index contributed by atoms with van der Waals surface area (Å²) in [5.41, 5.74) is 0.934. The maximum atomic E-state index is 11.8. The molecule has 7 heteroatoms. The zero-order chi connectivity index (χ0) is 15.5. The van der Waals surface area contributed by atoms with Crippen molar-refractivity contribution in [1.82, 2.24) is 4.98 Å². The van der Waals surface area contributed by atoms with Crippen LogP contribution in [-0.4, -0.2) is 21.8 Å². The molecule has 1 aliphatic rings. The first kappa shape index (κ1) is 13.6. The number of ether oxygens (including phenoxy) is 1. The van der Waals surface area contributed by atoms with E-state index in [4.69, 9.17) is 4.74 Å². The Morgan fingerprint density at radius 1 is 1.18 bits per heavy atom. The number of nitro benzene ring substituents is 1. The zero-order valence-corrected chi connectivity index (χ0v) is 11.2. The quantitative estimate of drug-likeness (QED) is 0.375. The molecule has 0 aliphatic carbocycles. The lowest BCUT2D eigenvalue weighted by molar-refractivity contribution is -0.384. The first-order chi connectivity index (χ1) is 10.6. The molecule has 7 nitrogen and oxygen atoms in total. The maximum Gasteiger partial charge on any atom is 0.363 e. The van der Waals surface area contributed by atoms with Gasteiger partial charge in [-0.1, -0.05) is 12.1 Å². The summed E-state index contributed by atoms with van der Waals surface area (Å²) in [4.78, 5) is 30.2. The molecular weight excluding hydrogens is 286 g/mol. The van der Waals surface area contributed by atoms with Crippen LogP contribution in [0.1, 0.15) is 11.3 Å². The topological polar surface area (TPSA) is 94.7 Å². The smallest absolute Gasteiger partial charge is 0.363 e. The second kappa shape index (κ2) is 5.57. The van der Waals surface area contributed by atoms with Crippen molar-refractivity contribution in [2.45, 2.75) is 0 Å². The lowest BCUT2D eigenvalue weighted by Gasteiger charge is -1.98. The minimum atomic E-state index is -0.618. The SMILES string of the molecule is O=C1OC(c2cccc([N+](=O)[O-])c2)=NC1=Cc1ccccn1. The molecule has 2 heterocycles. The van der Waals surface area contributed by atoms with E-state index >= 15 is 0 Å². The number of benzene rings is 1. The second-order valence-corrected chi connectivity index (χ2v) is 4.40. The Hall–Kier alpha value is -3.35. The molecule has 0 N–H and O–H groups in total. The highest BCUT2D eigenvalue weighted by atomic mass is 16.6. The number of aromatic nitrogens is 1. The summed E-state index contributed by atoms with van der Waals surface area (Å²) in [5.74, 6) is -0.581. The summed E-state index contributed by atoms with van der Waals surface area (Å²) in [6, 6.07) is 11.0. The maximum absolute atomic E-state index is 11.8. The molecule has 0 radical (unpaired) electrons. The third-order valence-corrected chi connectivity index (χ3v) is 2.90. The van der Waals surface area contributed by atoms with Crippen LogP contribution in [0.3, 0.4) is 0 Å². The molecule has 0 bridgehead atoms. The summed E-state index contributed by atoms with van der Waals surface area (Å²) < 4.78 is 5.06. The Morgan fingerprint density at radius 2 is 2.05 bits per heavy atom. The molecule has 0 saturated carbocycles. The number of nitrogens with zero attached hydrogens (tertiary/aromatic N) is 3. The highest BCUT2D eigenvalue weighted by Gasteiger charge is 2.25. The number of hydrogen-bond donors (Lipinski definition) is 0. The fraction of sp³-hybridized carbons (Fsp3) is 0. The number of aliphatic imine (C=N–C) groups is 1. The molecule has 108 valence electrons. The summed E-state index contributed by atoms with van der Waals surface area (Å²) in [6.07, 6.45) is 3.09. The predicted octanol–water partition coefficient (Wildman–Crippen LogP) is 2.33. The van der Waals surface area contributed by atoms with Crippen molar-refractivity contribution in [1.29, 1.82) is 0 Å². The fourth-order valence-corrected chi connectivity index (χ4v) is 1.89. The van der Waals surface area contributed by atoms with Crippen LogP contribution in [-0.2, 0) is 9.53 Å². The van der Waals surface area contributed by atoms with Gasteiger partial charge >= 0.3 is 5.97 Å². The molecule has 1 aromatic carbocycles. The third kappa shape index (κ3) is 2.73. The van der Waals surface area contributed by atoms with Gasteiger partial charge in [-0.05, 0) is 24.3 Å². The van der Waals surface area contributed by atoms with E-state index in [0.29, 0.717) is 11.3 Å². The predicted molar refractivity (Wildman–Crippen MR) is 77.9 cm³/mol. The Labute approximate surface area is 124 Å². The van der Waals surface area contributed by atoms with Crippen LogP contribution in [0.5, 0.6) is 0 Å². The van der Waals surface area contributed by atoms with Crippen molar-refractivity contribution in [3.63, 3.8) is 0 Å². The minimum absolute atomic E-state index is 0.0379. The molecular formula is C15H9N3O4. The van der Waals surface area contributed by atoms with Crippen LogP contribution in [0, 0.1) is 10.1 Å². The number of carbonyl (C=O) groups excluding carboxylic acids is 1. The number of rotatable bonds is 3. The van der Waals surface area contributed by atoms with E-state index in [-0.39, 0.29) is 17.3 Å². The highest BCUT2D eigenvalue weighted by Crippen LogP contribution is 2.21. The zero-order valence-electron chi connectivity index (χ0n) is 11.2. The number of pyridine rings is 1. The van der Waals surface area contributed by atoms with Gasteiger partial charge in [0.25, 0.3) is 5.69 Å². The largest absolute Gasteiger partial charge is 0.402 e. The summed E-state index contributed by atoms with van der Waals surface area (Å²) in [6.45, 7) is 0. The van der Waals surface area contributed by atoms with Crippen molar-refractivity contribution < 1.29 is 14.5 Å². The standard InChI is InChI=1S/C15H9N3O4/c19-15-13(9-11-5-1-2-7-16-11)17-14(22-15)10-4-3-6-12(8-10)18(20)21/h1-9H. The van der Waals surface area contributed by atoms with Crippen LogP contribution < -0.4 is 0 Å². The van der Waals surface area contributed by atoms with Crippen LogP contribution in [0.15, 0.2) is 59.4 Å². The lowest BCUT2D eigenvalue weighted by Crippen LogP contribution is -2.05. The van der Waals surface area contributed by atoms with Gasteiger partial charge < -0.3 is 4.74 Å². The van der Waals surface area contributed by atoms with Crippen LogP contribution in [0.2, 0.25) is 0 Å². The molecule has 0 unspecified atom stereocenters. The number of carbonyl (C=O) groups is 1. The van der Waals surface area contributed by atoms with Gasteiger partial charge in [0.1, 0.15) is 0 Å². The summed E-state index contributed by atoms with van der Waals surface area (Å²) in [7, 11) is 0. The number of hydrogen-bond acceptors (Lipinski definition) is 6. The van der Waals surface area contributed by atoms with Crippen molar-refractivity contribution in [3.8, 4) is 0 Å². The summed E-state index contributed by atoms with van der Waals surface area (Å²) in [5, 5.41) is 10.8.